The molecule has 0 radical (unpaired) electrons. The zero-order valence-corrected chi connectivity index (χ0v) is 13.6. The number of nitrogens with one attached hydrogen (secondary N) is 2. The largest absolute Gasteiger partial charge is 0.385 e. The molecule has 1 amide bonds. The predicted molar refractivity (Wildman–Crippen MR) is 87.5 cm³/mol. The summed E-state index contributed by atoms with van der Waals surface area (Å²) in [5.41, 5.74) is 4.31. The lowest BCUT2D eigenvalue weighted by molar-refractivity contribution is -0.117. The Labute approximate surface area is 132 Å². The minimum atomic E-state index is -0.381. The van der Waals surface area contributed by atoms with Crippen molar-refractivity contribution in [3.63, 3.8) is 0 Å². The molecule has 1 aromatic carbocycles. The number of hydrogen-bond acceptors (Lipinski definition) is 4. The number of methoxy groups -OCH3 is 1. The van der Waals surface area contributed by atoms with E-state index in [2.05, 4.69) is 22.8 Å². The fraction of sp³-hybridized carbons (Fsp3) is 0.412. The van der Waals surface area contributed by atoms with Gasteiger partial charge in [0.1, 0.15) is 11.6 Å². The van der Waals surface area contributed by atoms with E-state index in [1.807, 2.05) is 26.8 Å². The smallest absolute Gasteiger partial charge is 0.263 e. The Morgan fingerprint density at radius 3 is 2.50 bits per heavy atom. The first-order valence-electron chi connectivity index (χ1n) is 7.21. The van der Waals surface area contributed by atoms with Crippen LogP contribution in [-0.4, -0.2) is 26.2 Å². The van der Waals surface area contributed by atoms with Gasteiger partial charge in [-0.05, 0) is 38.3 Å². The maximum Gasteiger partial charge on any atom is 0.263 e. The van der Waals surface area contributed by atoms with Gasteiger partial charge >= 0.3 is 0 Å². The SMILES string of the molecule is COCCCNC(=O)/C(C#N)=C\Nc1c(C)cc(C)cc1C. The van der Waals surface area contributed by atoms with Gasteiger partial charge in [-0.3, -0.25) is 4.79 Å². The van der Waals surface area contributed by atoms with E-state index in [0.29, 0.717) is 19.6 Å². The van der Waals surface area contributed by atoms with E-state index in [1.165, 1.54) is 11.8 Å². The van der Waals surface area contributed by atoms with Crippen molar-refractivity contribution in [1.82, 2.24) is 5.32 Å². The Hall–Kier alpha value is -2.32. The van der Waals surface area contributed by atoms with Gasteiger partial charge in [0.15, 0.2) is 0 Å². The van der Waals surface area contributed by atoms with Crippen molar-refractivity contribution in [3.8, 4) is 6.07 Å². The van der Waals surface area contributed by atoms with Gasteiger partial charge in [-0.2, -0.15) is 5.26 Å². The van der Waals surface area contributed by atoms with E-state index in [1.54, 1.807) is 7.11 Å². The van der Waals surface area contributed by atoms with E-state index in [-0.39, 0.29) is 11.5 Å². The highest BCUT2D eigenvalue weighted by atomic mass is 16.5. The third-order valence-corrected chi connectivity index (χ3v) is 3.21. The summed E-state index contributed by atoms with van der Waals surface area (Å²) in [6, 6.07) is 6.03. The molecule has 118 valence electrons. The molecule has 0 aliphatic carbocycles. The number of anilines is 1. The highest BCUT2D eigenvalue weighted by molar-refractivity contribution is 5.97. The first-order chi connectivity index (χ1) is 10.5. The van der Waals surface area contributed by atoms with Crippen molar-refractivity contribution in [2.75, 3.05) is 25.6 Å². The molecule has 0 aromatic heterocycles. The summed E-state index contributed by atoms with van der Waals surface area (Å²) in [5, 5.41) is 14.9. The van der Waals surface area contributed by atoms with Crippen LogP contribution >= 0.6 is 0 Å². The summed E-state index contributed by atoms with van der Waals surface area (Å²) < 4.78 is 4.91. The molecule has 0 saturated heterocycles. The number of carbonyl (C=O) groups is 1. The Balaban J connectivity index is 2.74. The Bertz CT molecular complexity index is 577. The van der Waals surface area contributed by atoms with Crippen LogP contribution in [0.15, 0.2) is 23.9 Å². The Kier molecular flexibility index (Phi) is 7.14. The summed E-state index contributed by atoms with van der Waals surface area (Å²) in [5.74, 6) is -0.381. The monoisotopic (exact) mass is 301 g/mol. The van der Waals surface area contributed by atoms with Crippen molar-refractivity contribution in [1.29, 1.82) is 5.26 Å². The molecule has 5 nitrogen and oxygen atoms in total. The van der Waals surface area contributed by atoms with Crippen LogP contribution in [0.2, 0.25) is 0 Å². The normalized spacial score (nSPS) is 11.0. The van der Waals surface area contributed by atoms with Gasteiger partial charge in [0.25, 0.3) is 5.91 Å². The number of aryl methyl sites for hydroxylation is 3. The Morgan fingerprint density at radius 2 is 1.95 bits per heavy atom. The van der Waals surface area contributed by atoms with Crippen LogP contribution < -0.4 is 10.6 Å². The highest BCUT2D eigenvalue weighted by Gasteiger charge is 2.09. The van der Waals surface area contributed by atoms with E-state index in [0.717, 1.165) is 16.8 Å². The first kappa shape index (κ1) is 17.7. The molecule has 0 unspecified atom stereocenters. The zero-order chi connectivity index (χ0) is 16.5. The number of nitriles is 1. The molecule has 1 rings (SSSR count). The lowest BCUT2D eigenvalue weighted by Gasteiger charge is -2.11. The molecular formula is C17H23N3O2. The summed E-state index contributed by atoms with van der Waals surface area (Å²) in [4.78, 5) is 11.9. The average molecular weight is 301 g/mol. The summed E-state index contributed by atoms with van der Waals surface area (Å²) in [7, 11) is 1.61. The van der Waals surface area contributed by atoms with Crippen LogP contribution in [0.1, 0.15) is 23.1 Å². The number of nitrogens with zero attached hydrogens (tertiary/aromatic N) is 1. The lowest BCUT2D eigenvalue weighted by atomic mass is 10.1. The highest BCUT2D eigenvalue weighted by Crippen LogP contribution is 2.22. The summed E-state index contributed by atoms with van der Waals surface area (Å²) in [6.07, 6.45) is 2.17. The van der Waals surface area contributed by atoms with E-state index >= 15 is 0 Å². The van der Waals surface area contributed by atoms with Crippen molar-refractivity contribution in [2.24, 2.45) is 0 Å². The van der Waals surface area contributed by atoms with Crippen molar-refractivity contribution >= 4 is 11.6 Å². The lowest BCUT2D eigenvalue weighted by Crippen LogP contribution is -2.26. The van der Waals surface area contributed by atoms with Crippen LogP contribution in [0.5, 0.6) is 0 Å². The van der Waals surface area contributed by atoms with E-state index in [4.69, 9.17) is 10.00 Å². The molecule has 5 heteroatoms. The van der Waals surface area contributed by atoms with Crippen molar-refractivity contribution in [3.05, 3.63) is 40.6 Å². The molecule has 2 N–H and O–H groups in total. The third-order valence-electron chi connectivity index (χ3n) is 3.21. The average Bonchev–Trinajstić information content (AvgIpc) is 2.46. The second-order valence-corrected chi connectivity index (χ2v) is 5.19. The number of rotatable bonds is 7. The molecule has 0 fully saturated rings. The van der Waals surface area contributed by atoms with Crippen LogP contribution in [0, 0.1) is 32.1 Å². The summed E-state index contributed by atoms with van der Waals surface area (Å²) >= 11 is 0. The van der Waals surface area contributed by atoms with Crippen molar-refractivity contribution < 1.29 is 9.53 Å². The number of benzene rings is 1. The van der Waals surface area contributed by atoms with Crippen molar-refractivity contribution in [2.45, 2.75) is 27.2 Å². The van der Waals surface area contributed by atoms with Gasteiger partial charge in [0.05, 0.1) is 0 Å². The van der Waals surface area contributed by atoms with E-state index < -0.39 is 0 Å². The van der Waals surface area contributed by atoms with Crippen LogP contribution in [0.3, 0.4) is 0 Å². The van der Waals surface area contributed by atoms with Crippen LogP contribution in [0.25, 0.3) is 0 Å². The fourth-order valence-corrected chi connectivity index (χ4v) is 2.21. The molecule has 22 heavy (non-hydrogen) atoms. The molecule has 0 aliphatic rings. The molecule has 1 aromatic rings. The van der Waals surface area contributed by atoms with Gasteiger partial charge in [-0.15, -0.1) is 0 Å². The third kappa shape index (κ3) is 5.23. The number of hydrogen-bond donors (Lipinski definition) is 2. The maximum atomic E-state index is 11.9. The first-order valence-corrected chi connectivity index (χ1v) is 7.21. The molecule has 0 aliphatic heterocycles. The minimum absolute atomic E-state index is 0.0526. The molecule has 0 heterocycles. The van der Waals surface area contributed by atoms with E-state index in [9.17, 15) is 4.79 Å². The van der Waals surface area contributed by atoms with Crippen LogP contribution in [0.4, 0.5) is 5.69 Å². The second-order valence-electron chi connectivity index (χ2n) is 5.19. The van der Waals surface area contributed by atoms with Gasteiger partial charge in [-0.1, -0.05) is 17.7 Å². The van der Waals surface area contributed by atoms with Gasteiger partial charge in [0, 0.05) is 32.1 Å². The Morgan fingerprint density at radius 1 is 1.32 bits per heavy atom. The molecule has 0 bridgehead atoms. The standard InChI is InChI=1S/C17H23N3O2/c1-12-8-13(2)16(14(3)9-12)20-11-15(10-18)17(21)19-6-5-7-22-4/h8-9,11,20H,5-7H2,1-4H3,(H,19,21)/b15-11-. The number of carbonyl (C=O) groups excluding carboxylic acids is 1. The summed E-state index contributed by atoms with van der Waals surface area (Å²) in [6.45, 7) is 7.08. The molecule has 0 atom stereocenters. The molecular weight excluding hydrogens is 278 g/mol. The maximum absolute atomic E-state index is 11.9. The number of ether oxygens (including phenoxy) is 1. The number of amides is 1. The minimum Gasteiger partial charge on any atom is -0.385 e. The molecule has 0 saturated carbocycles. The molecule has 0 spiro atoms. The quantitative estimate of drug-likeness (QED) is 0.461. The second kappa shape index (κ2) is 8.85. The zero-order valence-electron chi connectivity index (χ0n) is 13.6. The topological polar surface area (TPSA) is 74.1 Å². The predicted octanol–water partition coefficient (Wildman–Crippen LogP) is 2.58. The van der Waals surface area contributed by atoms with Gasteiger partial charge < -0.3 is 15.4 Å². The van der Waals surface area contributed by atoms with Gasteiger partial charge in [0.2, 0.25) is 0 Å². The van der Waals surface area contributed by atoms with Gasteiger partial charge in [-0.25, -0.2) is 0 Å². The van der Waals surface area contributed by atoms with Crippen LogP contribution in [-0.2, 0) is 9.53 Å². The fourth-order valence-electron chi connectivity index (χ4n) is 2.21.